The van der Waals surface area contributed by atoms with Crippen molar-refractivity contribution in [2.45, 2.75) is 76.5 Å². The Morgan fingerprint density at radius 1 is 0.700 bits per heavy atom. The molecular formula is C20H30. The van der Waals surface area contributed by atoms with Gasteiger partial charge < -0.3 is 0 Å². The number of hydrogen-bond donors (Lipinski definition) is 0. The molecule has 0 heteroatoms. The lowest BCUT2D eigenvalue weighted by atomic mass is 9.57. The van der Waals surface area contributed by atoms with Crippen LogP contribution in [0, 0.1) is 11.8 Å². The van der Waals surface area contributed by atoms with Crippen LogP contribution in [0.3, 0.4) is 0 Å². The summed E-state index contributed by atoms with van der Waals surface area (Å²) < 4.78 is 0. The minimum Gasteiger partial charge on any atom is -0.0622 e. The van der Waals surface area contributed by atoms with Gasteiger partial charge in [-0.15, -0.1) is 0 Å². The van der Waals surface area contributed by atoms with Crippen molar-refractivity contribution in [3.05, 3.63) is 35.9 Å². The van der Waals surface area contributed by atoms with Crippen LogP contribution in [-0.2, 0) is 5.41 Å². The van der Waals surface area contributed by atoms with Gasteiger partial charge in [-0.1, -0.05) is 75.8 Å². The summed E-state index contributed by atoms with van der Waals surface area (Å²) in [6.45, 7) is 2.61. The molecule has 0 bridgehead atoms. The summed E-state index contributed by atoms with van der Waals surface area (Å²) in [4.78, 5) is 0. The lowest BCUT2D eigenvalue weighted by Crippen LogP contribution is -2.41. The summed E-state index contributed by atoms with van der Waals surface area (Å²) >= 11 is 0. The van der Waals surface area contributed by atoms with Gasteiger partial charge in [0.2, 0.25) is 0 Å². The maximum Gasteiger partial charge on any atom is -0.00188 e. The van der Waals surface area contributed by atoms with Crippen molar-refractivity contribution < 1.29 is 0 Å². The summed E-state index contributed by atoms with van der Waals surface area (Å²) in [5.74, 6) is 1.84. The average Bonchev–Trinajstić information content (AvgIpc) is 2.56. The van der Waals surface area contributed by atoms with Gasteiger partial charge in [0.25, 0.3) is 0 Å². The maximum absolute atomic E-state index is 2.61. The Labute approximate surface area is 125 Å². The molecule has 0 aliphatic heterocycles. The van der Waals surface area contributed by atoms with Gasteiger partial charge in [0, 0.05) is 0 Å². The predicted octanol–water partition coefficient (Wildman–Crippen LogP) is 6.10. The van der Waals surface area contributed by atoms with Crippen molar-refractivity contribution in [1.82, 2.24) is 0 Å². The van der Waals surface area contributed by atoms with Crippen LogP contribution in [-0.4, -0.2) is 0 Å². The fourth-order valence-corrected chi connectivity index (χ4v) is 5.01. The molecule has 2 aliphatic rings. The van der Waals surface area contributed by atoms with E-state index in [2.05, 4.69) is 37.3 Å². The number of hydrogen-bond acceptors (Lipinski definition) is 0. The van der Waals surface area contributed by atoms with Crippen molar-refractivity contribution in [2.75, 3.05) is 0 Å². The van der Waals surface area contributed by atoms with E-state index in [4.69, 9.17) is 0 Å². The Morgan fingerprint density at radius 3 is 1.60 bits per heavy atom. The van der Waals surface area contributed by atoms with Crippen LogP contribution in [0.1, 0.15) is 76.7 Å². The highest BCUT2D eigenvalue weighted by molar-refractivity contribution is 5.27. The fraction of sp³-hybridized carbons (Fsp3) is 0.700. The average molecular weight is 270 g/mol. The monoisotopic (exact) mass is 270 g/mol. The normalized spacial score (nSPS) is 22.9. The van der Waals surface area contributed by atoms with E-state index in [1.54, 1.807) is 5.56 Å². The molecule has 2 fully saturated rings. The molecule has 0 heterocycles. The zero-order chi connectivity index (χ0) is 13.8. The third-order valence-electron chi connectivity index (χ3n) is 6.30. The van der Waals surface area contributed by atoms with Crippen molar-refractivity contribution in [3.63, 3.8) is 0 Å². The van der Waals surface area contributed by atoms with Gasteiger partial charge in [0.1, 0.15) is 0 Å². The molecule has 0 atom stereocenters. The molecule has 0 saturated heterocycles. The lowest BCUT2D eigenvalue weighted by Gasteiger charge is -2.47. The van der Waals surface area contributed by atoms with Gasteiger partial charge in [-0.3, -0.25) is 0 Å². The first-order valence-corrected chi connectivity index (χ1v) is 8.87. The Kier molecular flexibility index (Phi) is 4.48. The van der Waals surface area contributed by atoms with E-state index in [1.165, 1.54) is 64.2 Å². The third-order valence-corrected chi connectivity index (χ3v) is 6.30. The van der Waals surface area contributed by atoms with E-state index < -0.39 is 0 Å². The van der Waals surface area contributed by atoms with Crippen molar-refractivity contribution in [2.24, 2.45) is 11.8 Å². The van der Waals surface area contributed by atoms with E-state index in [0.717, 1.165) is 11.8 Å². The molecule has 0 N–H and O–H groups in total. The van der Waals surface area contributed by atoms with Gasteiger partial charge in [-0.2, -0.15) is 0 Å². The van der Waals surface area contributed by atoms with Gasteiger partial charge in [-0.05, 0) is 48.5 Å². The molecule has 110 valence electrons. The van der Waals surface area contributed by atoms with Gasteiger partial charge >= 0.3 is 0 Å². The Bertz CT molecular complexity index is 375. The van der Waals surface area contributed by atoms with Crippen LogP contribution in [0.15, 0.2) is 30.3 Å². The molecule has 1 aromatic rings. The van der Waals surface area contributed by atoms with Crippen LogP contribution in [0.2, 0.25) is 0 Å². The van der Waals surface area contributed by atoms with E-state index in [0.29, 0.717) is 5.41 Å². The smallest absolute Gasteiger partial charge is 0.00188 e. The molecule has 2 saturated carbocycles. The van der Waals surface area contributed by atoms with Crippen LogP contribution < -0.4 is 0 Å². The largest absolute Gasteiger partial charge is 0.0622 e. The second-order valence-electron chi connectivity index (χ2n) is 7.32. The van der Waals surface area contributed by atoms with Crippen molar-refractivity contribution >= 4 is 0 Å². The predicted molar refractivity (Wildman–Crippen MR) is 86.9 cm³/mol. The zero-order valence-corrected chi connectivity index (χ0v) is 13.1. The molecular weight excluding hydrogens is 240 g/mol. The topological polar surface area (TPSA) is 0 Å². The molecule has 0 amide bonds. The Balaban J connectivity index is 1.92. The van der Waals surface area contributed by atoms with Crippen molar-refractivity contribution in [3.8, 4) is 0 Å². The van der Waals surface area contributed by atoms with Crippen LogP contribution in [0.4, 0.5) is 0 Å². The second kappa shape index (κ2) is 6.33. The molecule has 0 radical (unpaired) electrons. The molecule has 0 unspecified atom stereocenters. The first kappa shape index (κ1) is 14.2. The molecule has 2 aliphatic carbocycles. The van der Waals surface area contributed by atoms with Crippen molar-refractivity contribution in [1.29, 1.82) is 0 Å². The molecule has 1 aromatic carbocycles. The molecule has 0 aromatic heterocycles. The fourth-order valence-electron chi connectivity index (χ4n) is 5.01. The first-order chi connectivity index (χ1) is 9.82. The van der Waals surface area contributed by atoms with E-state index in [1.807, 2.05) is 0 Å². The molecule has 20 heavy (non-hydrogen) atoms. The lowest BCUT2D eigenvalue weighted by molar-refractivity contribution is 0.115. The summed E-state index contributed by atoms with van der Waals surface area (Å²) in [5, 5.41) is 0. The summed E-state index contributed by atoms with van der Waals surface area (Å²) in [5.41, 5.74) is 2.06. The van der Waals surface area contributed by atoms with E-state index >= 15 is 0 Å². The highest BCUT2D eigenvalue weighted by atomic mass is 14.5. The first-order valence-electron chi connectivity index (χ1n) is 8.87. The number of rotatable bonds is 3. The maximum atomic E-state index is 2.61. The van der Waals surface area contributed by atoms with Gasteiger partial charge in [0.05, 0.1) is 0 Å². The second-order valence-corrected chi connectivity index (χ2v) is 7.32. The quantitative estimate of drug-likeness (QED) is 0.622. The van der Waals surface area contributed by atoms with E-state index in [-0.39, 0.29) is 0 Å². The van der Waals surface area contributed by atoms with E-state index in [9.17, 15) is 0 Å². The Morgan fingerprint density at radius 2 is 1.15 bits per heavy atom. The van der Waals surface area contributed by atoms with Crippen LogP contribution in [0.25, 0.3) is 0 Å². The highest BCUT2D eigenvalue weighted by Gasteiger charge is 2.42. The van der Waals surface area contributed by atoms with Crippen LogP contribution >= 0.6 is 0 Å². The zero-order valence-electron chi connectivity index (χ0n) is 13.1. The van der Waals surface area contributed by atoms with Crippen LogP contribution in [0.5, 0.6) is 0 Å². The number of benzene rings is 1. The molecule has 0 spiro atoms. The van der Waals surface area contributed by atoms with Gasteiger partial charge in [-0.25, -0.2) is 0 Å². The minimum absolute atomic E-state index is 0.433. The summed E-state index contributed by atoms with van der Waals surface area (Å²) in [6, 6.07) is 11.5. The minimum atomic E-state index is 0.433. The standard InChI is InChI=1S/C20H30/c1-20(17-11-5-2-6-12-17,18-13-7-3-8-14-18)19-15-9-4-10-16-19/h2,5-6,11-12,18-19H,3-4,7-10,13-16H2,1H3. The molecule has 3 rings (SSSR count). The van der Waals surface area contributed by atoms with Gasteiger partial charge in [0.15, 0.2) is 0 Å². The third kappa shape index (κ3) is 2.67. The highest BCUT2D eigenvalue weighted by Crippen LogP contribution is 2.50. The SMILES string of the molecule is CC(c1ccccc1)(C1CCCCC1)C1CCCCC1. The summed E-state index contributed by atoms with van der Waals surface area (Å²) in [6.07, 6.45) is 14.6. The Hall–Kier alpha value is -0.780. The summed E-state index contributed by atoms with van der Waals surface area (Å²) in [7, 11) is 0. The molecule has 0 nitrogen and oxygen atoms in total.